The van der Waals surface area contributed by atoms with Gasteiger partial charge in [0.05, 0.1) is 17.0 Å². The summed E-state index contributed by atoms with van der Waals surface area (Å²) in [6.07, 6.45) is 0. The summed E-state index contributed by atoms with van der Waals surface area (Å²) in [5, 5.41) is 24.7. The first-order chi connectivity index (χ1) is 16.5. The number of nitro benzene ring substituents is 1. The second kappa shape index (κ2) is 8.90. The maximum Gasteiger partial charge on any atom is 0.279 e. The van der Waals surface area contributed by atoms with Crippen molar-refractivity contribution in [3.05, 3.63) is 75.9 Å². The number of nitrogens with one attached hydrogen (secondary N) is 2. The summed E-state index contributed by atoms with van der Waals surface area (Å²) in [5.74, 6) is 0.0361. The molecule has 0 radical (unpaired) electrons. The highest BCUT2D eigenvalue weighted by Crippen LogP contribution is 2.25. The Bertz CT molecular complexity index is 1360. The van der Waals surface area contributed by atoms with Crippen LogP contribution in [0.1, 0.15) is 16.2 Å². The number of hydrogen-bond acceptors (Lipinski definition) is 8. The number of non-ortho nitro benzene ring substituents is 1. The maximum absolute atomic E-state index is 13.5. The molecule has 3 heterocycles. The minimum absolute atomic E-state index is 0.0769. The summed E-state index contributed by atoms with van der Waals surface area (Å²) < 4.78 is 18.8. The molecule has 1 amide bonds. The number of nitrogens with zero attached hydrogens (tertiary/aromatic N) is 5. The lowest BCUT2D eigenvalue weighted by Gasteiger charge is -2.35. The number of carbonyl (C=O) groups is 1. The van der Waals surface area contributed by atoms with E-state index in [2.05, 4.69) is 30.5 Å². The van der Waals surface area contributed by atoms with Crippen LogP contribution in [0, 0.1) is 15.9 Å². The van der Waals surface area contributed by atoms with Gasteiger partial charge in [-0.2, -0.15) is 5.10 Å². The van der Waals surface area contributed by atoms with Crippen molar-refractivity contribution in [3.63, 3.8) is 0 Å². The first kappa shape index (κ1) is 21.5. The minimum atomic E-state index is -0.503. The molecule has 1 fully saturated rings. The standard InChI is InChI=1S/C22H20FN7O4/c23-14-2-1-3-15(10-14)29-8-6-28(7-9-29)13-17-12-20(27-34-17)22(31)24-21-18-5-4-16(30(32)33)11-19(18)25-26-21/h1-5,10-12H,6-9,13H2,(H2,24,25,26,31). The Hall–Kier alpha value is -4.32. The molecule has 12 heteroatoms. The van der Waals surface area contributed by atoms with Crippen LogP contribution < -0.4 is 10.2 Å². The molecule has 4 aromatic rings. The molecule has 5 rings (SSSR count). The average molecular weight is 465 g/mol. The molecule has 0 bridgehead atoms. The number of piperazine rings is 1. The van der Waals surface area contributed by atoms with Crippen molar-refractivity contribution in [2.75, 3.05) is 36.4 Å². The van der Waals surface area contributed by atoms with Gasteiger partial charge >= 0.3 is 0 Å². The topological polar surface area (TPSA) is 133 Å². The van der Waals surface area contributed by atoms with Crippen LogP contribution >= 0.6 is 0 Å². The van der Waals surface area contributed by atoms with Crippen LogP contribution in [0.2, 0.25) is 0 Å². The predicted octanol–water partition coefficient (Wildman–Crippen LogP) is 3.17. The van der Waals surface area contributed by atoms with Gasteiger partial charge in [0.25, 0.3) is 11.6 Å². The van der Waals surface area contributed by atoms with Gasteiger partial charge in [-0.3, -0.25) is 24.9 Å². The third kappa shape index (κ3) is 4.43. The number of benzene rings is 2. The zero-order chi connectivity index (χ0) is 23.7. The summed E-state index contributed by atoms with van der Waals surface area (Å²) in [6, 6.07) is 12.3. The molecule has 2 N–H and O–H groups in total. The number of rotatable bonds is 6. The molecule has 34 heavy (non-hydrogen) atoms. The molecule has 11 nitrogen and oxygen atoms in total. The van der Waals surface area contributed by atoms with Crippen molar-refractivity contribution in [1.29, 1.82) is 0 Å². The molecule has 0 saturated carbocycles. The van der Waals surface area contributed by atoms with Gasteiger partial charge in [0.15, 0.2) is 17.3 Å². The smallest absolute Gasteiger partial charge is 0.279 e. The molecule has 0 aliphatic carbocycles. The number of aromatic nitrogens is 3. The van der Waals surface area contributed by atoms with E-state index < -0.39 is 10.8 Å². The summed E-state index contributed by atoms with van der Waals surface area (Å²) in [7, 11) is 0. The van der Waals surface area contributed by atoms with E-state index in [1.165, 1.54) is 30.3 Å². The minimum Gasteiger partial charge on any atom is -0.369 e. The van der Waals surface area contributed by atoms with Crippen molar-refractivity contribution in [2.24, 2.45) is 0 Å². The normalized spacial score (nSPS) is 14.4. The molecule has 0 unspecified atom stereocenters. The summed E-state index contributed by atoms with van der Waals surface area (Å²) in [6.45, 7) is 3.49. The molecule has 1 saturated heterocycles. The fourth-order valence-electron chi connectivity index (χ4n) is 3.94. The van der Waals surface area contributed by atoms with Gasteiger partial charge in [-0.05, 0) is 24.3 Å². The van der Waals surface area contributed by atoms with Gasteiger partial charge in [-0.15, -0.1) is 0 Å². The maximum atomic E-state index is 13.5. The Kier molecular flexibility index (Phi) is 5.64. The number of amides is 1. The van der Waals surface area contributed by atoms with Crippen molar-refractivity contribution in [1.82, 2.24) is 20.3 Å². The largest absolute Gasteiger partial charge is 0.369 e. The zero-order valence-corrected chi connectivity index (χ0v) is 17.9. The van der Waals surface area contributed by atoms with Crippen LogP contribution in [0.15, 0.2) is 53.1 Å². The van der Waals surface area contributed by atoms with Crippen LogP contribution in [0.5, 0.6) is 0 Å². The molecule has 2 aromatic carbocycles. The highest BCUT2D eigenvalue weighted by atomic mass is 19.1. The first-order valence-corrected chi connectivity index (χ1v) is 10.6. The van der Waals surface area contributed by atoms with Gasteiger partial charge in [-0.25, -0.2) is 4.39 Å². The van der Waals surface area contributed by atoms with Crippen molar-refractivity contribution >= 4 is 34.0 Å². The van der Waals surface area contributed by atoms with Gasteiger partial charge in [0, 0.05) is 55.5 Å². The summed E-state index contributed by atoms with van der Waals surface area (Å²) >= 11 is 0. The second-order valence-corrected chi connectivity index (χ2v) is 7.93. The summed E-state index contributed by atoms with van der Waals surface area (Å²) in [5.41, 5.74) is 1.32. The van der Waals surface area contributed by atoms with E-state index in [0.717, 1.165) is 31.9 Å². The van der Waals surface area contributed by atoms with Gasteiger partial charge in [0.2, 0.25) is 0 Å². The molecule has 0 atom stereocenters. The number of halogens is 1. The Morgan fingerprint density at radius 3 is 2.76 bits per heavy atom. The number of aromatic amines is 1. The highest BCUT2D eigenvalue weighted by molar-refractivity contribution is 6.06. The lowest BCUT2D eigenvalue weighted by Crippen LogP contribution is -2.45. The summed E-state index contributed by atoms with van der Waals surface area (Å²) in [4.78, 5) is 27.3. The quantitative estimate of drug-likeness (QED) is 0.328. The SMILES string of the molecule is O=C(Nc1n[nH]c2cc([N+](=O)[O-])ccc12)c1cc(CN2CCN(c3cccc(F)c3)CC2)on1. The monoisotopic (exact) mass is 465 g/mol. The molecular formula is C22H20FN7O4. The van der Waals surface area contributed by atoms with Crippen molar-refractivity contribution < 1.29 is 18.6 Å². The first-order valence-electron chi connectivity index (χ1n) is 10.6. The fourth-order valence-corrected chi connectivity index (χ4v) is 3.94. The fraction of sp³-hybridized carbons (Fsp3) is 0.227. The lowest BCUT2D eigenvalue weighted by molar-refractivity contribution is -0.384. The molecule has 174 valence electrons. The lowest BCUT2D eigenvalue weighted by atomic mass is 10.2. The third-order valence-electron chi connectivity index (χ3n) is 5.71. The number of nitro groups is 1. The number of fused-ring (bicyclic) bond motifs is 1. The van der Waals surface area contributed by atoms with E-state index in [4.69, 9.17) is 4.52 Å². The number of carbonyl (C=O) groups excluding carboxylic acids is 1. The highest BCUT2D eigenvalue weighted by Gasteiger charge is 2.21. The number of anilines is 2. The second-order valence-electron chi connectivity index (χ2n) is 7.93. The van der Waals surface area contributed by atoms with E-state index >= 15 is 0 Å². The van der Waals surface area contributed by atoms with E-state index in [-0.39, 0.29) is 23.0 Å². The van der Waals surface area contributed by atoms with Crippen LogP contribution in [0.4, 0.5) is 21.6 Å². The van der Waals surface area contributed by atoms with Crippen LogP contribution in [0.3, 0.4) is 0 Å². The van der Waals surface area contributed by atoms with Gasteiger partial charge < -0.3 is 14.7 Å². The van der Waals surface area contributed by atoms with E-state index in [1.807, 2.05) is 6.07 Å². The zero-order valence-electron chi connectivity index (χ0n) is 17.9. The van der Waals surface area contributed by atoms with E-state index in [9.17, 15) is 19.3 Å². The number of hydrogen-bond donors (Lipinski definition) is 2. The van der Waals surface area contributed by atoms with Gasteiger partial charge in [0.1, 0.15) is 5.82 Å². The van der Waals surface area contributed by atoms with Crippen molar-refractivity contribution in [3.8, 4) is 0 Å². The molecular weight excluding hydrogens is 445 g/mol. The van der Waals surface area contributed by atoms with Crippen LogP contribution in [0.25, 0.3) is 10.9 Å². The molecule has 2 aromatic heterocycles. The molecule has 1 aliphatic rings. The predicted molar refractivity (Wildman–Crippen MR) is 121 cm³/mol. The Balaban J connectivity index is 1.19. The molecule has 0 spiro atoms. The van der Waals surface area contributed by atoms with Gasteiger partial charge in [-0.1, -0.05) is 11.2 Å². The molecule has 1 aliphatic heterocycles. The Morgan fingerprint density at radius 2 is 2.00 bits per heavy atom. The number of H-pyrrole nitrogens is 1. The van der Waals surface area contributed by atoms with Crippen molar-refractivity contribution in [2.45, 2.75) is 6.54 Å². The van der Waals surface area contributed by atoms with E-state index in [0.29, 0.717) is 23.2 Å². The average Bonchev–Trinajstić information content (AvgIpc) is 3.46. The Labute approximate surface area is 192 Å². The van der Waals surface area contributed by atoms with Crippen LogP contribution in [-0.4, -0.2) is 57.3 Å². The van der Waals surface area contributed by atoms with Crippen LogP contribution in [-0.2, 0) is 6.54 Å². The third-order valence-corrected chi connectivity index (χ3v) is 5.71. The Morgan fingerprint density at radius 1 is 1.18 bits per heavy atom. The van der Waals surface area contributed by atoms with E-state index in [1.54, 1.807) is 12.1 Å².